The fraction of sp³-hybridized carbons (Fsp3) is 0.600. The minimum Gasteiger partial charge on any atom is -0.478 e. The SMILES string of the molecule is O=C1CC(CCl)(C(=O)O)O1. The minimum absolute atomic E-state index is 0.119. The summed E-state index contributed by atoms with van der Waals surface area (Å²) in [6.07, 6.45) is -0.119. The van der Waals surface area contributed by atoms with Crippen LogP contribution in [0.25, 0.3) is 0 Å². The normalized spacial score (nSPS) is 30.7. The molecule has 1 heterocycles. The molecule has 0 amide bonds. The first-order chi connectivity index (χ1) is 4.60. The van der Waals surface area contributed by atoms with Gasteiger partial charge in [0.05, 0.1) is 12.3 Å². The molecule has 0 aromatic rings. The second-order valence-corrected chi connectivity index (χ2v) is 2.35. The summed E-state index contributed by atoms with van der Waals surface area (Å²) < 4.78 is 4.37. The maximum atomic E-state index is 10.3. The van der Waals surface area contributed by atoms with Crippen molar-refractivity contribution in [1.29, 1.82) is 0 Å². The van der Waals surface area contributed by atoms with Crippen molar-refractivity contribution in [2.24, 2.45) is 0 Å². The number of hydrogen-bond acceptors (Lipinski definition) is 3. The van der Waals surface area contributed by atoms with Crippen LogP contribution in [0.4, 0.5) is 0 Å². The number of carbonyl (C=O) groups excluding carboxylic acids is 1. The Labute approximate surface area is 61.7 Å². The number of carboxylic acids is 1. The average molecular weight is 165 g/mol. The lowest BCUT2D eigenvalue weighted by Crippen LogP contribution is -2.55. The lowest BCUT2D eigenvalue weighted by Gasteiger charge is -2.34. The van der Waals surface area contributed by atoms with Gasteiger partial charge in [-0.25, -0.2) is 4.79 Å². The molecule has 0 spiro atoms. The third-order valence-corrected chi connectivity index (χ3v) is 1.78. The van der Waals surface area contributed by atoms with E-state index >= 15 is 0 Å². The van der Waals surface area contributed by atoms with Gasteiger partial charge in [0.1, 0.15) is 0 Å². The van der Waals surface area contributed by atoms with Crippen LogP contribution in [0.2, 0.25) is 0 Å². The zero-order valence-corrected chi connectivity index (χ0v) is 5.72. The summed E-state index contributed by atoms with van der Waals surface area (Å²) in [5.41, 5.74) is -1.43. The quantitative estimate of drug-likeness (QED) is 0.461. The van der Waals surface area contributed by atoms with Crippen molar-refractivity contribution in [3.8, 4) is 0 Å². The zero-order chi connectivity index (χ0) is 7.78. The van der Waals surface area contributed by atoms with Gasteiger partial charge in [0.2, 0.25) is 5.60 Å². The van der Waals surface area contributed by atoms with E-state index in [9.17, 15) is 9.59 Å². The number of carbonyl (C=O) groups is 2. The number of esters is 1. The van der Waals surface area contributed by atoms with E-state index in [-0.39, 0.29) is 12.3 Å². The van der Waals surface area contributed by atoms with Crippen molar-refractivity contribution in [3.05, 3.63) is 0 Å². The Morgan fingerprint density at radius 2 is 2.40 bits per heavy atom. The van der Waals surface area contributed by atoms with Crippen LogP contribution in [0, 0.1) is 0 Å². The molecule has 56 valence electrons. The predicted octanol–water partition coefficient (Wildman–Crippen LogP) is -0.00450. The van der Waals surface area contributed by atoms with Crippen LogP contribution in [0.1, 0.15) is 6.42 Å². The smallest absolute Gasteiger partial charge is 0.350 e. The first kappa shape index (κ1) is 7.34. The van der Waals surface area contributed by atoms with Crippen LogP contribution in [0.15, 0.2) is 0 Å². The predicted molar refractivity (Wildman–Crippen MR) is 31.8 cm³/mol. The molecule has 10 heavy (non-hydrogen) atoms. The average Bonchev–Trinajstić information content (AvgIpc) is 1.79. The highest BCUT2D eigenvalue weighted by Crippen LogP contribution is 2.29. The summed E-state index contributed by atoms with van der Waals surface area (Å²) in [5, 5.41) is 8.44. The summed E-state index contributed by atoms with van der Waals surface area (Å²) >= 11 is 5.26. The Morgan fingerprint density at radius 1 is 1.90 bits per heavy atom. The molecule has 0 aromatic heterocycles. The van der Waals surface area contributed by atoms with Gasteiger partial charge >= 0.3 is 11.9 Å². The van der Waals surface area contributed by atoms with E-state index in [4.69, 9.17) is 16.7 Å². The number of cyclic esters (lactones) is 1. The fourth-order valence-corrected chi connectivity index (χ4v) is 0.957. The molecule has 5 heteroatoms. The molecule has 1 aliphatic heterocycles. The number of alkyl halides is 1. The first-order valence-corrected chi connectivity index (χ1v) is 3.15. The molecule has 1 saturated heterocycles. The van der Waals surface area contributed by atoms with Crippen molar-refractivity contribution in [3.63, 3.8) is 0 Å². The van der Waals surface area contributed by atoms with Gasteiger partial charge in [0.15, 0.2) is 0 Å². The van der Waals surface area contributed by atoms with Crippen LogP contribution in [-0.4, -0.2) is 28.5 Å². The molecule has 1 N–H and O–H groups in total. The van der Waals surface area contributed by atoms with Gasteiger partial charge in [-0.2, -0.15) is 0 Å². The third-order valence-electron chi connectivity index (χ3n) is 1.34. The highest BCUT2D eigenvalue weighted by Gasteiger charge is 2.52. The molecular weight excluding hydrogens is 160 g/mol. The molecule has 0 saturated carbocycles. The maximum Gasteiger partial charge on any atom is 0.350 e. The van der Waals surface area contributed by atoms with Gasteiger partial charge in [0, 0.05) is 0 Å². The highest BCUT2D eigenvalue weighted by molar-refractivity contribution is 6.21. The molecule has 1 unspecified atom stereocenters. The van der Waals surface area contributed by atoms with Crippen LogP contribution in [0.5, 0.6) is 0 Å². The van der Waals surface area contributed by atoms with Crippen LogP contribution in [0.3, 0.4) is 0 Å². The Hall–Kier alpha value is -0.770. The van der Waals surface area contributed by atoms with E-state index in [2.05, 4.69) is 4.74 Å². The van der Waals surface area contributed by atoms with Crippen molar-refractivity contribution in [2.45, 2.75) is 12.0 Å². The highest BCUT2D eigenvalue weighted by atomic mass is 35.5. The number of halogens is 1. The first-order valence-electron chi connectivity index (χ1n) is 2.62. The third kappa shape index (κ3) is 0.844. The van der Waals surface area contributed by atoms with Gasteiger partial charge in [-0.15, -0.1) is 11.6 Å². The number of carboxylic acid groups (broad SMARTS) is 1. The second-order valence-electron chi connectivity index (χ2n) is 2.08. The standard InChI is InChI=1S/C5H5ClO4/c6-2-5(4(8)9)1-3(7)10-5/h1-2H2,(H,8,9). The Kier molecular flexibility index (Phi) is 1.56. The molecule has 0 aliphatic carbocycles. The number of rotatable bonds is 2. The Morgan fingerprint density at radius 3 is 2.50 bits per heavy atom. The minimum atomic E-state index is -1.43. The lowest BCUT2D eigenvalue weighted by molar-refractivity contribution is -0.200. The topological polar surface area (TPSA) is 63.6 Å². The molecule has 1 rings (SSSR count). The van der Waals surface area contributed by atoms with Gasteiger partial charge in [-0.05, 0) is 0 Å². The van der Waals surface area contributed by atoms with Crippen molar-refractivity contribution >= 4 is 23.5 Å². The molecule has 0 bridgehead atoms. The van der Waals surface area contributed by atoms with Crippen LogP contribution in [-0.2, 0) is 14.3 Å². The van der Waals surface area contributed by atoms with E-state index in [0.29, 0.717) is 0 Å². The molecular formula is C5H5ClO4. The van der Waals surface area contributed by atoms with E-state index < -0.39 is 17.5 Å². The van der Waals surface area contributed by atoms with Gasteiger partial charge in [0.25, 0.3) is 0 Å². The Balaban J connectivity index is 2.65. The lowest BCUT2D eigenvalue weighted by atomic mass is 9.97. The summed E-state index contributed by atoms with van der Waals surface area (Å²) in [6, 6.07) is 0. The molecule has 0 radical (unpaired) electrons. The van der Waals surface area contributed by atoms with Crippen molar-refractivity contribution in [2.75, 3.05) is 5.88 Å². The number of ether oxygens (including phenoxy) is 1. The molecule has 1 atom stereocenters. The van der Waals surface area contributed by atoms with E-state index in [0.717, 1.165) is 0 Å². The van der Waals surface area contributed by atoms with Gasteiger partial charge in [-0.3, -0.25) is 4.79 Å². The van der Waals surface area contributed by atoms with E-state index in [1.807, 2.05) is 0 Å². The Bertz CT molecular complexity index is 180. The monoisotopic (exact) mass is 164 g/mol. The van der Waals surface area contributed by atoms with Gasteiger partial charge < -0.3 is 9.84 Å². The molecule has 4 nitrogen and oxygen atoms in total. The van der Waals surface area contributed by atoms with Crippen molar-refractivity contribution < 1.29 is 19.4 Å². The summed E-state index contributed by atoms with van der Waals surface area (Å²) in [6.45, 7) is 0. The maximum absolute atomic E-state index is 10.3. The van der Waals surface area contributed by atoms with Crippen LogP contribution < -0.4 is 0 Å². The zero-order valence-electron chi connectivity index (χ0n) is 4.96. The van der Waals surface area contributed by atoms with E-state index in [1.165, 1.54) is 0 Å². The van der Waals surface area contributed by atoms with Crippen LogP contribution >= 0.6 is 11.6 Å². The molecule has 1 fully saturated rings. The number of aliphatic carboxylic acids is 1. The largest absolute Gasteiger partial charge is 0.478 e. The van der Waals surface area contributed by atoms with E-state index in [1.54, 1.807) is 0 Å². The molecule has 1 aliphatic rings. The van der Waals surface area contributed by atoms with Gasteiger partial charge in [-0.1, -0.05) is 0 Å². The second kappa shape index (κ2) is 2.12. The summed E-state index contributed by atoms with van der Waals surface area (Å²) in [4.78, 5) is 20.6. The van der Waals surface area contributed by atoms with Crippen molar-refractivity contribution in [1.82, 2.24) is 0 Å². The fourth-order valence-electron chi connectivity index (χ4n) is 0.694. The molecule has 0 aromatic carbocycles. The summed E-state index contributed by atoms with van der Waals surface area (Å²) in [5.74, 6) is -1.88. The summed E-state index contributed by atoms with van der Waals surface area (Å²) in [7, 11) is 0. The number of hydrogen-bond donors (Lipinski definition) is 1.